The zero-order valence-corrected chi connectivity index (χ0v) is 11.9. The van der Waals surface area contributed by atoms with Crippen molar-refractivity contribution in [3.63, 3.8) is 0 Å². The largest absolute Gasteiger partial charge is 0.376 e. The highest BCUT2D eigenvalue weighted by Crippen LogP contribution is 2.29. The Morgan fingerprint density at radius 1 is 1.50 bits per heavy atom. The van der Waals surface area contributed by atoms with Crippen LogP contribution in [0.3, 0.4) is 0 Å². The Labute approximate surface area is 119 Å². The molecule has 0 aliphatic carbocycles. The highest BCUT2D eigenvalue weighted by atomic mass is 16.5. The van der Waals surface area contributed by atoms with Crippen molar-refractivity contribution in [2.24, 2.45) is 0 Å². The molecule has 2 unspecified atom stereocenters. The molecule has 0 aromatic heterocycles. The number of hydrogen-bond acceptors (Lipinski definition) is 3. The monoisotopic (exact) mass is 274 g/mol. The van der Waals surface area contributed by atoms with Crippen molar-refractivity contribution in [2.75, 3.05) is 19.7 Å². The molecular formula is C16H22N2O2. The maximum atomic E-state index is 12.0. The molecule has 2 aliphatic rings. The summed E-state index contributed by atoms with van der Waals surface area (Å²) >= 11 is 0. The first kappa shape index (κ1) is 13.6. The van der Waals surface area contributed by atoms with E-state index in [-0.39, 0.29) is 18.1 Å². The van der Waals surface area contributed by atoms with Crippen LogP contribution in [0.1, 0.15) is 47.3 Å². The van der Waals surface area contributed by atoms with E-state index in [4.69, 9.17) is 4.74 Å². The van der Waals surface area contributed by atoms with E-state index < -0.39 is 0 Å². The van der Waals surface area contributed by atoms with Gasteiger partial charge >= 0.3 is 0 Å². The molecule has 2 N–H and O–H groups in total. The normalized spacial score (nSPS) is 23.2. The fraction of sp³-hybridized carbons (Fsp3) is 0.562. The van der Waals surface area contributed by atoms with Gasteiger partial charge in [0.05, 0.1) is 12.1 Å². The van der Waals surface area contributed by atoms with Gasteiger partial charge in [-0.1, -0.05) is 19.1 Å². The summed E-state index contributed by atoms with van der Waals surface area (Å²) in [6, 6.07) is 6.47. The van der Waals surface area contributed by atoms with Crippen LogP contribution in [0.4, 0.5) is 0 Å². The van der Waals surface area contributed by atoms with E-state index in [1.807, 2.05) is 6.07 Å². The summed E-state index contributed by atoms with van der Waals surface area (Å²) < 4.78 is 5.83. The summed E-state index contributed by atoms with van der Waals surface area (Å²) in [4.78, 5) is 12.0. The van der Waals surface area contributed by atoms with Gasteiger partial charge in [0.15, 0.2) is 0 Å². The predicted molar refractivity (Wildman–Crippen MR) is 77.9 cm³/mol. The second-order valence-electron chi connectivity index (χ2n) is 5.51. The van der Waals surface area contributed by atoms with Crippen LogP contribution in [-0.4, -0.2) is 31.7 Å². The SMILES string of the molecule is CCNC(c1ccc2c(c1)C(=O)NCC2)C1CCCO1. The molecule has 2 heterocycles. The molecule has 0 radical (unpaired) electrons. The molecule has 20 heavy (non-hydrogen) atoms. The van der Waals surface area contributed by atoms with E-state index in [2.05, 4.69) is 29.7 Å². The van der Waals surface area contributed by atoms with E-state index in [1.165, 1.54) is 0 Å². The predicted octanol–water partition coefficient (Wildman–Crippen LogP) is 1.80. The summed E-state index contributed by atoms with van der Waals surface area (Å²) in [6.07, 6.45) is 3.35. The molecule has 4 heteroatoms. The summed E-state index contributed by atoms with van der Waals surface area (Å²) in [5, 5.41) is 6.42. The number of ether oxygens (including phenoxy) is 1. The fourth-order valence-electron chi connectivity index (χ4n) is 3.17. The molecule has 2 atom stereocenters. The van der Waals surface area contributed by atoms with Gasteiger partial charge in [-0.25, -0.2) is 0 Å². The number of rotatable bonds is 4. The third-order valence-corrected chi connectivity index (χ3v) is 4.18. The molecule has 0 saturated carbocycles. The Balaban J connectivity index is 1.90. The van der Waals surface area contributed by atoms with Crippen LogP contribution in [-0.2, 0) is 11.2 Å². The minimum absolute atomic E-state index is 0.0516. The molecule has 3 rings (SSSR count). The van der Waals surface area contributed by atoms with Gasteiger partial charge in [-0.15, -0.1) is 0 Å². The maximum absolute atomic E-state index is 12.0. The smallest absolute Gasteiger partial charge is 0.251 e. The molecule has 1 saturated heterocycles. The quantitative estimate of drug-likeness (QED) is 0.880. The lowest BCUT2D eigenvalue weighted by molar-refractivity contribution is 0.0786. The van der Waals surface area contributed by atoms with Crippen molar-refractivity contribution in [1.82, 2.24) is 10.6 Å². The Morgan fingerprint density at radius 2 is 2.40 bits per heavy atom. The number of benzene rings is 1. The third kappa shape index (κ3) is 2.58. The van der Waals surface area contributed by atoms with Crippen molar-refractivity contribution in [3.8, 4) is 0 Å². The van der Waals surface area contributed by atoms with Gasteiger partial charge in [0.1, 0.15) is 0 Å². The first-order chi connectivity index (χ1) is 9.79. The van der Waals surface area contributed by atoms with Crippen molar-refractivity contribution in [2.45, 2.75) is 38.3 Å². The molecule has 1 fully saturated rings. The number of hydrogen-bond donors (Lipinski definition) is 2. The third-order valence-electron chi connectivity index (χ3n) is 4.18. The number of carbonyl (C=O) groups is 1. The van der Waals surface area contributed by atoms with Crippen LogP contribution in [0, 0.1) is 0 Å². The molecule has 0 bridgehead atoms. The molecule has 0 spiro atoms. The van der Waals surface area contributed by atoms with Crippen LogP contribution in [0.25, 0.3) is 0 Å². The van der Waals surface area contributed by atoms with E-state index in [0.717, 1.165) is 55.6 Å². The Kier molecular flexibility index (Phi) is 4.03. The Morgan fingerprint density at radius 3 is 3.15 bits per heavy atom. The molecule has 108 valence electrons. The molecule has 1 aromatic carbocycles. The van der Waals surface area contributed by atoms with E-state index >= 15 is 0 Å². The number of likely N-dealkylation sites (N-methyl/N-ethyl adjacent to an activating group) is 1. The molecular weight excluding hydrogens is 252 g/mol. The average molecular weight is 274 g/mol. The van der Waals surface area contributed by atoms with Gasteiger partial charge < -0.3 is 15.4 Å². The highest BCUT2D eigenvalue weighted by Gasteiger charge is 2.28. The van der Waals surface area contributed by atoms with Gasteiger partial charge in [-0.05, 0) is 43.0 Å². The maximum Gasteiger partial charge on any atom is 0.251 e. The van der Waals surface area contributed by atoms with Gasteiger partial charge in [-0.3, -0.25) is 4.79 Å². The minimum Gasteiger partial charge on any atom is -0.376 e. The van der Waals surface area contributed by atoms with Crippen LogP contribution >= 0.6 is 0 Å². The number of fused-ring (bicyclic) bond motifs is 1. The van der Waals surface area contributed by atoms with Crippen LogP contribution in [0.15, 0.2) is 18.2 Å². The van der Waals surface area contributed by atoms with Crippen LogP contribution in [0.2, 0.25) is 0 Å². The topological polar surface area (TPSA) is 50.4 Å². The second-order valence-corrected chi connectivity index (χ2v) is 5.51. The summed E-state index contributed by atoms with van der Waals surface area (Å²) in [7, 11) is 0. The molecule has 1 amide bonds. The first-order valence-corrected chi connectivity index (χ1v) is 7.55. The lowest BCUT2D eigenvalue weighted by Gasteiger charge is -2.26. The molecule has 2 aliphatic heterocycles. The van der Waals surface area contributed by atoms with Gasteiger partial charge in [-0.2, -0.15) is 0 Å². The number of nitrogens with one attached hydrogen (secondary N) is 2. The van der Waals surface area contributed by atoms with Gasteiger partial charge in [0, 0.05) is 18.7 Å². The summed E-state index contributed by atoms with van der Waals surface area (Å²) in [5.41, 5.74) is 3.14. The van der Waals surface area contributed by atoms with Crippen molar-refractivity contribution in [3.05, 3.63) is 34.9 Å². The lowest BCUT2D eigenvalue weighted by Crippen LogP contribution is -2.34. The summed E-state index contributed by atoms with van der Waals surface area (Å²) in [5.74, 6) is 0.0516. The zero-order valence-electron chi connectivity index (χ0n) is 11.9. The van der Waals surface area contributed by atoms with Crippen LogP contribution in [0.5, 0.6) is 0 Å². The van der Waals surface area contributed by atoms with Crippen molar-refractivity contribution in [1.29, 1.82) is 0 Å². The highest BCUT2D eigenvalue weighted by molar-refractivity contribution is 5.96. The zero-order chi connectivity index (χ0) is 13.9. The van der Waals surface area contributed by atoms with Crippen molar-refractivity contribution < 1.29 is 9.53 Å². The molecule has 1 aromatic rings. The number of amides is 1. The van der Waals surface area contributed by atoms with Crippen molar-refractivity contribution >= 4 is 5.91 Å². The minimum atomic E-state index is 0.0516. The van der Waals surface area contributed by atoms with Gasteiger partial charge in [0.2, 0.25) is 0 Å². The van der Waals surface area contributed by atoms with E-state index in [0.29, 0.717) is 0 Å². The Hall–Kier alpha value is -1.39. The standard InChI is InChI=1S/C16H22N2O2/c1-2-17-15(14-4-3-9-20-14)12-6-5-11-7-8-18-16(19)13(11)10-12/h5-6,10,14-15,17H,2-4,7-9H2,1H3,(H,18,19). The molecule has 4 nitrogen and oxygen atoms in total. The fourth-order valence-corrected chi connectivity index (χ4v) is 3.17. The van der Waals surface area contributed by atoms with E-state index in [9.17, 15) is 4.79 Å². The summed E-state index contributed by atoms with van der Waals surface area (Å²) in [6.45, 7) is 4.59. The number of carbonyl (C=O) groups excluding carboxylic acids is 1. The Bertz CT molecular complexity index is 495. The average Bonchev–Trinajstić information content (AvgIpc) is 2.99. The van der Waals surface area contributed by atoms with Gasteiger partial charge in [0.25, 0.3) is 5.91 Å². The lowest BCUT2D eigenvalue weighted by atomic mass is 9.92. The second kappa shape index (κ2) is 5.94. The first-order valence-electron chi connectivity index (χ1n) is 7.55. The van der Waals surface area contributed by atoms with E-state index in [1.54, 1.807) is 0 Å². The van der Waals surface area contributed by atoms with Crippen LogP contribution < -0.4 is 10.6 Å².